The van der Waals surface area contributed by atoms with Gasteiger partial charge in [-0.2, -0.15) is 0 Å². The number of rotatable bonds is 4. The Morgan fingerprint density at radius 3 is 2.29 bits per heavy atom. The van der Waals surface area contributed by atoms with Crippen LogP contribution in [-0.2, 0) is 16.2 Å². The lowest BCUT2D eigenvalue weighted by Gasteiger charge is -2.39. The molecule has 0 N–H and O–H groups in total. The molecule has 0 bridgehead atoms. The molecule has 7 aliphatic rings. The van der Waals surface area contributed by atoms with Crippen LogP contribution in [0.3, 0.4) is 0 Å². The van der Waals surface area contributed by atoms with Gasteiger partial charge < -0.3 is 4.90 Å². The van der Waals surface area contributed by atoms with Crippen molar-refractivity contribution in [1.82, 2.24) is 0 Å². The zero-order valence-electron chi connectivity index (χ0n) is 38.8. The summed E-state index contributed by atoms with van der Waals surface area (Å²) in [6.07, 6.45) is 25.4. The predicted octanol–water partition coefficient (Wildman–Crippen LogP) is 15.8. The normalized spacial score (nSPS) is 24.7. The van der Waals surface area contributed by atoms with E-state index in [1.54, 1.807) is 5.57 Å². The lowest BCUT2D eigenvalue weighted by atomic mass is 9.65. The Balaban J connectivity index is 1.18. The van der Waals surface area contributed by atoms with Crippen LogP contribution >= 0.6 is 0 Å². The molecule has 0 saturated carbocycles. The standard InChI is InChI=1S/C62H61N/c1-39-17-16-18-40(26-25-39)45-19-12-15-24-58(45)63(43-29-33-48-46-20-10-13-22-52(46)61(8,9)54(48)37-43)44-30-34-51-47-21-11-14-23-53(47)62(57(51)38-44)55-35-41(59(2,3)4)27-31-49(55)50-32-28-42(36-56(50)62)60(5,6)7/h10-15,19-29,31,33,35-38,46,50,52H,18,30,32,34H2,1-9H3. The zero-order valence-corrected chi connectivity index (χ0v) is 38.8. The Kier molecular flexibility index (Phi) is 8.93. The molecule has 0 radical (unpaired) electrons. The lowest BCUT2D eigenvalue weighted by Crippen LogP contribution is -2.31. The van der Waals surface area contributed by atoms with Crippen molar-refractivity contribution in [2.24, 2.45) is 11.3 Å². The first-order chi connectivity index (χ1) is 30.2. The minimum absolute atomic E-state index is 0.00293. The van der Waals surface area contributed by atoms with Crippen LogP contribution in [0.1, 0.15) is 144 Å². The Hall–Kier alpha value is -5.84. The van der Waals surface area contributed by atoms with Gasteiger partial charge in [0.15, 0.2) is 0 Å². The molecule has 314 valence electrons. The number of para-hydroxylation sites is 1. The third kappa shape index (κ3) is 5.97. The number of anilines is 2. The summed E-state index contributed by atoms with van der Waals surface area (Å²) >= 11 is 0. The van der Waals surface area contributed by atoms with E-state index < -0.39 is 0 Å². The van der Waals surface area contributed by atoms with Crippen molar-refractivity contribution in [2.45, 2.75) is 116 Å². The maximum Gasteiger partial charge on any atom is 0.0683 e. The second-order valence-electron chi connectivity index (χ2n) is 21.9. The SMILES string of the molecule is CC1=CC=C(c2ccccc2N(C2=CC3=C(CC2)c2ccccc2C32C3=CC(C(C)(C)C)=CCC3c3ccc(C(C)(C)C)cc32)c2ccc3c(c2)C(C)(C)C2C=CC=CC32)CC#C1. The minimum atomic E-state index is -0.384. The molecule has 0 amide bonds. The summed E-state index contributed by atoms with van der Waals surface area (Å²) in [4.78, 5) is 2.66. The summed E-state index contributed by atoms with van der Waals surface area (Å²) in [6, 6.07) is 33.6. The van der Waals surface area contributed by atoms with Gasteiger partial charge in [-0.3, -0.25) is 0 Å². The zero-order chi connectivity index (χ0) is 43.6. The molecule has 0 aromatic heterocycles. The third-order valence-corrected chi connectivity index (χ3v) is 15.8. The van der Waals surface area contributed by atoms with E-state index >= 15 is 0 Å². The topological polar surface area (TPSA) is 3.24 Å². The van der Waals surface area contributed by atoms with E-state index in [1.807, 2.05) is 0 Å². The van der Waals surface area contributed by atoms with E-state index in [1.165, 1.54) is 83.9 Å². The highest BCUT2D eigenvalue weighted by molar-refractivity contribution is 5.93. The highest BCUT2D eigenvalue weighted by atomic mass is 15.2. The van der Waals surface area contributed by atoms with Crippen LogP contribution in [0.15, 0.2) is 168 Å². The Labute approximate surface area is 377 Å². The van der Waals surface area contributed by atoms with Crippen molar-refractivity contribution in [3.8, 4) is 11.8 Å². The largest absolute Gasteiger partial charge is 0.314 e. The van der Waals surface area contributed by atoms with Gasteiger partial charge in [0.25, 0.3) is 0 Å². The molecule has 7 aliphatic carbocycles. The first-order valence-corrected chi connectivity index (χ1v) is 23.5. The van der Waals surface area contributed by atoms with Crippen LogP contribution in [0, 0.1) is 23.2 Å². The molecular weight excluding hydrogens is 759 g/mol. The van der Waals surface area contributed by atoms with Gasteiger partial charge in [-0.25, -0.2) is 0 Å². The van der Waals surface area contributed by atoms with Crippen LogP contribution < -0.4 is 4.90 Å². The summed E-state index contributed by atoms with van der Waals surface area (Å²) in [6.45, 7) is 21.3. The van der Waals surface area contributed by atoms with Gasteiger partial charge in [0.2, 0.25) is 0 Å². The number of fused-ring (bicyclic) bond motifs is 12. The van der Waals surface area contributed by atoms with Gasteiger partial charge in [-0.1, -0.05) is 183 Å². The first kappa shape index (κ1) is 40.0. The third-order valence-electron chi connectivity index (χ3n) is 15.8. The van der Waals surface area contributed by atoms with E-state index in [2.05, 4.69) is 219 Å². The fraction of sp³-hybridized carbons (Fsp3) is 0.323. The average Bonchev–Trinajstić information content (AvgIpc) is 3.73. The smallest absolute Gasteiger partial charge is 0.0683 e. The summed E-state index contributed by atoms with van der Waals surface area (Å²) in [7, 11) is 0. The van der Waals surface area contributed by atoms with E-state index in [-0.39, 0.29) is 21.7 Å². The number of nitrogens with zero attached hydrogens (tertiary/aromatic N) is 1. The highest BCUT2D eigenvalue weighted by Gasteiger charge is 2.57. The molecule has 0 heterocycles. The quantitative estimate of drug-likeness (QED) is 0.185. The molecule has 11 rings (SSSR count). The number of benzene rings is 4. The highest BCUT2D eigenvalue weighted by Crippen LogP contribution is 2.67. The van der Waals surface area contributed by atoms with Crippen LogP contribution in [0.2, 0.25) is 0 Å². The fourth-order valence-corrected chi connectivity index (χ4v) is 12.5. The molecule has 1 nitrogen and oxygen atoms in total. The van der Waals surface area contributed by atoms with Crippen LogP contribution in [0.25, 0.3) is 11.1 Å². The second-order valence-corrected chi connectivity index (χ2v) is 21.9. The fourth-order valence-electron chi connectivity index (χ4n) is 12.5. The van der Waals surface area contributed by atoms with E-state index in [0.717, 1.165) is 31.3 Å². The van der Waals surface area contributed by atoms with Gasteiger partial charge >= 0.3 is 0 Å². The van der Waals surface area contributed by atoms with Crippen LogP contribution in [0.4, 0.5) is 11.4 Å². The van der Waals surface area contributed by atoms with E-state index in [4.69, 9.17) is 0 Å². The van der Waals surface area contributed by atoms with Crippen molar-refractivity contribution in [3.05, 3.63) is 212 Å². The molecule has 4 unspecified atom stereocenters. The van der Waals surface area contributed by atoms with Gasteiger partial charge in [0, 0.05) is 35.2 Å². The predicted molar refractivity (Wildman–Crippen MR) is 266 cm³/mol. The molecule has 1 heteroatoms. The lowest BCUT2D eigenvalue weighted by molar-refractivity contribution is 0.394. The molecule has 4 aromatic rings. The molecule has 4 atom stereocenters. The second kappa shape index (κ2) is 14.1. The van der Waals surface area contributed by atoms with Gasteiger partial charge in [0.05, 0.1) is 11.1 Å². The molecule has 4 aromatic carbocycles. The van der Waals surface area contributed by atoms with Gasteiger partial charge in [0.1, 0.15) is 0 Å². The number of hydrogen-bond donors (Lipinski definition) is 0. The summed E-state index contributed by atoms with van der Waals surface area (Å²) < 4.78 is 0. The molecule has 63 heavy (non-hydrogen) atoms. The summed E-state index contributed by atoms with van der Waals surface area (Å²) in [5.74, 6) is 8.05. The first-order valence-electron chi connectivity index (χ1n) is 23.5. The molecular formula is C62H61N. The summed E-state index contributed by atoms with van der Waals surface area (Å²) in [5, 5.41) is 0. The van der Waals surface area contributed by atoms with E-state index in [9.17, 15) is 0 Å². The molecule has 0 saturated heterocycles. The van der Waals surface area contributed by atoms with Crippen LogP contribution in [-0.4, -0.2) is 0 Å². The molecule has 0 fully saturated rings. The Morgan fingerprint density at radius 2 is 1.48 bits per heavy atom. The molecule has 0 aliphatic heterocycles. The maximum atomic E-state index is 3.49. The van der Waals surface area contributed by atoms with Crippen LogP contribution in [0.5, 0.6) is 0 Å². The average molecular weight is 820 g/mol. The van der Waals surface area contributed by atoms with Crippen molar-refractivity contribution in [2.75, 3.05) is 4.90 Å². The van der Waals surface area contributed by atoms with Crippen molar-refractivity contribution in [3.63, 3.8) is 0 Å². The Bertz CT molecular complexity index is 2970. The van der Waals surface area contributed by atoms with Gasteiger partial charge in [-0.15, -0.1) is 0 Å². The number of hydrogen-bond acceptors (Lipinski definition) is 1. The van der Waals surface area contributed by atoms with Gasteiger partial charge in [-0.05, 0) is 145 Å². The van der Waals surface area contributed by atoms with Crippen molar-refractivity contribution < 1.29 is 0 Å². The van der Waals surface area contributed by atoms with Crippen molar-refractivity contribution >= 4 is 22.5 Å². The summed E-state index contributed by atoms with van der Waals surface area (Å²) in [5.41, 5.74) is 23.3. The monoisotopic (exact) mass is 819 g/mol. The molecule has 1 spiro atoms. The number of allylic oxidation sites excluding steroid dienone is 16. The van der Waals surface area contributed by atoms with E-state index in [0.29, 0.717) is 17.8 Å². The van der Waals surface area contributed by atoms with Crippen molar-refractivity contribution in [1.29, 1.82) is 0 Å². The maximum absolute atomic E-state index is 3.49. The Morgan fingerprint density at radius 1 is 0.714 bits per heavy atom. The minimum Gasteiger partial charge on any atom is -0.314 e.